The van der Waals surface area contributed by atoms with Crippen LogP contribution in [0.25, 0.3) is 6.08 Å². The smallest absolute Gasteiger partial charge is 0.335 e. The third kappa shape index (κ3) is 5.43. The molecular weight excluding hydrogens is 475 g/mol. The highest BCUT2D eigenvalue weighted by molar-refractivity contribution is 6.39. The second kappa shape index (κ2) is 10.9. The van der Waals surface area contributed by atoms with Crippen molar-refractivity contribution in [3.63, 3.8) is 0 Å². The predicted octanol–water partition coefficient (Wildman–Crippen LogP) is 5.12. The first kappa shape index (κ1) is 25.4. The highest BCUT2D eigenvalue weighted by atomic mass is 19.1. The average Bonchev–Trinajstić information content (AvgIpc) is 2.88. The normalized spacial score (nSPS) is 14.5. The van der Waals surface area contributed by atoms with Gasteiger partial charge in [0.2, 0.25) is 0 Å². The van der Waals surface area contributed by atoms with E-state index < -0.39 is 17.8 Å². The summed E-state index contributed by atoms with van der Waals surface area (Å²) in [6.07, 6.45) is 3.52. The van der Waals surface area contributed by atoms with Gasteiger partial charge in [-0.15, -0.1) is 6.58 Å². The van der Waals surface area contributed by atoms with Gasteiger partial charge in [-0.3, -0.25) is 14.9 Å². The Morgan fingerprint density at radius 2 is 1.78 bits per heavy atom. The molecular formula is C29H25FN2O5. The zero-order valence-electron chi connectivity index (χ0n) is 20.4. The van der Waals surface area contributed by atoms with E-state index in [1.54, 1.807) is 61.5 Å². The molecule has 8 heteroatoms. The summed E-state index contributed by atoms with van der Waals surface area (Å²) < 4.78 is 24.8. The molecule has 0 saturated carbocycles. The maximum absolute atomic E-state index is 13.3. The fourth-order valence-electron chi connectivity index (χ4n) is 3.98. The van der Waals surface area contributed by atoms with Gasteiger partial charge in [0.05, 0.1) is 12.8 Å². The van der Waals surface area contributed by atoms with Gasteiger partial charge in [-0.05, 0) is 66.4 Å². The Hall–Kier alpha value is -4.72. The van der Waals surface area contributed by atoms with Crippen LogP contribution in [0.4, 0.5) is 14.9 Å². The maximum atomic E-state index is 13.3. The standard InChI is InChI=1S/C29H25FN2O5/c1-4-7-21-14-20(16-25(36-3)26(21)37-17-19-10-12-22(30)13-11-19)15-23-27(33)31-29(35)32(28(23)34)24-9-6-5-8-18(24)2/h4-6,8-16H,1,7,17H2,2-3H3,(H,31,33,35)/b23-15+. The van der Waals surface area contributed by atoms with Crippen LogP contribution in [0.2, 0.25) is 0 Å². The third-order valence-electron chi connectivity index (χ3n) is 5.80. The number of nitrogens with one attached hydrogen (secondary N) is 1. The van der Waals surface area contributed by atoms with Crippen LogP contribution in [0, 0.1) is 12.7 Å². The molecule has 188 valence electrons. The summed E-state index contributed by atoms with van der Waals surface area (Å²) in [4.78, 5) is 39.4. The number of halogens is 1. The molecule has 0 bridgehead atoms. The summed E-state index contributed by atoms with van der Waals surface area (Å²) in [7, 11) is 1.48. The number of amides is 4. The van der Waals surface area contributed by atoms with Gasteiger partial charge in [0, 0.05) is 5.56 Å². The van der Waals surface area contributed by atoms with Gasteiger partial charge < -0.3 is 9.47 Å². The summed E-state index contributed by atoms with van der Waals surface area (Å²) in [5, 5.41) is 2.24. The first-order chi connectivity index (χ1) is 17.8. The van der Waals surface area contributed by atoms with E-state index in [1.165, 1.54) is 25.3 Å². The van der Waals surface area contributed by atoms with Crippen molar-refractivity contribution in [1.29, 1.82) is 0 Å². The molecule has 1 saturated heterocycles. The Bertz CT molecular complexity index is 1410. The van der Waals surface area contributed by atoms with Crippen molar-refractivity contribution >= 4 is 29.6 Å². The number of benzene rings is 3. The number of barbiturate groups is 1. The van der Waals surface area contributed by atoms with Crippen molar-refractivity contribution in [2.75, 3.05) is 12.0 Å². The van der Waals surface area contributed by atoms with Gasteiger partial charge in [0.25, 0.3) is 11.8 Å². The van der Waals surface area contributed by atoms with Crippen LogP contribution in [-0.2, 0) is 22.6 Å². The number of allylic oxidation sites excluding steroid dienone is 1. The SMILES string of the molecule is C=CCc1cc(/C=C2\C(=O)NC(=O)N(c3ccccc3C)C2=O)cc(OC)c1OCc1ccc(F)cc1. The van der Waals surface area contributed by atoms with Crippen molar-refractivity contribution in [3.05, 3.63) is 107 Å². The lowest BCUT2D eigenvalue weighted by atomic mass is 10.0. The van der Waals surface area contributed by atoms with Crippen molar-refractivity contribution in [1.82, 2.24) is 5.32 Å². The molecule has 3 aromatic carbocycles. The Labute approximate surface area is 213 Å². The van der Waals surface area contributed by atoms with E-state index in [0.29, 0.717) is 40.3 Å². The molecule has 0 atom stereocenters. The molecule has 3 aromatic rings. The van der Waals surface area contributed by atoms with Crippen molar-refractivity contribution in [3.8, 4) is 11.5 Å². The minimum Gasteiger partial charge on any atom is -0.493 e. The summed E-state index contributed by atoms with van der Waals surface area (Å²) in [6.45, 7) is 5.74. The minimum absolute atomic E-state index is 0.176. The second-order valence-corrected chi connectivity index (χ2v) is 8.36. The summed E-state index contributed by atoms with van der Waals surface area (Å²) in [6, 6.07) is 15.5. The third-order valence-corrected chi connectivity index (χ3v) is 5.80. The molecule has 0 radical (unpaired) electrons. The molecule has 1 fully saturated rings. The van der Waals surface area contributed by atoms with Gasteiger partial charge in [-0.25, -0.2) is 14.1 Å². The number of carbonyl (C=O) groups excluding carboxylic acids is 3. The highest BCUT2D eigenvalue weighted by Gasteiger charge is 2.37. The van der Waals surface area contributed by atoms with Crippen molar-refractivity contribution < 1.29 is 28.2 Å². The highest BCUT2D eigenvalue weighted by Crippen LogP contribution is 2.35. The number of nitrogens with zero attached hydrogens (tertiary/aromatic N) is 1. The number of urea groups is 1. The molecule has 1 heterocycles. The van der Waals surface area contributed by atoms with Crippen LogP contribution in [0.1, 0.15) is 22.3 Å². The van der Waals surface area contributed by atoms with Crippen LogP contribution >= 0.6 is 0 Å². The Balaban J connectivity index is 1.70. The zero-order chi connectivity index (χ0) is 26.5. The van der Waals surface area contributed by atoms with E-state index in [4.69, 9.17) is 9.47 Å². The lowest BCUT2D eigenvalue weighted by molar-refractivity contribution is -0.122. The van der Waals surface area contributed by atoms with Crippen LogP contribution in [0.5, 0.6) is 11.5 Å². The van der Waals surface area contributed by atoms with E-state index in [2.05, 4.69) is 11.9 Å². The largest absolute Gasteiger partial charge is 0.493 e. The van der Waals surface area contributed by atoms with Crippen LogP contribution in [0.15, 0.2) is 78.9 Å². The molecule has 4 amide bonds. The van der Waals surface area contributed by atoms with Gasteiger partial charge >= 0.3 is 6.03 Å². The number of para-hydroxylation sites is 1. The first-order valence-electron chi connectivity index (χ1n) is 11.5. The molecule has 0 aromatic heterocycles. The maximum Gasteiger partial charge on any atom is 0.335 e. The summed E-state index contributed by atoms with van der Waals surface area (Å²) >= 11 is 0. The fourth-order valence-corrected chi connectivity index (χ4v) is 3.98. The Morgan fingerprint density at radius 1 is 1.05 bits per heavy atom. The number of aryl methyl sites for hydroxylation is 1. The lowest BCUT2D eigenvalue weighted by Gasteiger charge is -2.27. The molecule has 1 aliphatic rings. The van der Waals surface area contributed by atoms with Crippen LogP contribution < -0.4 is 19.7 Å². The number of hydrogen-bond acceptors (Lipinski definition) is 5. The van der Waals surface area contributed by atoms with Gasteiger partial charge in [0.15, 0.2) is 11.5 Å². The predicted molar refractivity (Wildman–Crippen MR) is 138 cm³/mol. The van der Waals surface area contributed by atoms with Gasteiger partial charge in [-0.1, -0.05) is 36.4 Å². The molecule has 1 aliphatic heterocycles. The summed E-state index contributed by atoms with van der Waals surface area (Å²) in [5.74, 6) is -1.02. The molecule has 1 N–H and O–H groups in total. The van der Waals surface area contributed by atoms with Gasteiger partial charge in [-0.2, -0.15) is 0 Å². The second-order valence-electron chi connectivity index (χ2n) is 8.36. The van der Waals surface area contributed by atoms with E-state index in [9.17, 15) is 18.8 Å². The fraction of sp³-hybridized carbons (Fsp3) is 0.138. The molecule has 4 rings (SSSR count). The van der Waals surface area contributed by atoms with Crippen LogP contribution in [-0.4, -0.2) is 25.0 Å². The number of carbonyl (C=O) groups is 3. The molecule has 0 aliphatic carbocycles. The van der Waals surface area contributed by atoms with Crippen molar-refractivity contribution in [2.45, 2.75) is 20.0 Å². The number of imide groups is 2. The number of hydrogen-bond donors (Lipinski definition) is 1. The Morgan fingerprint density at radius 3 is 2.46 bits per heavy atom. The number of anilines is 1. The van der Waals surface area contributed by atoms with E-state index in [0.717, 1.165) is 10.5 Å². The van der Waals surface area contributed by atoms with E-state index in [-0.39, 0.29) is 18.0 Å². The number of methoxy groups -OCH3 is 1. The minimum atomic E-state index is -0.809. The van der Waals surface area contributed by atoms with Gasteiger partial charge in [0.1, 0.15) is 18.0 Å². The topological polar surface area (TPSA) is 84.9 Å². The number of rotatable bonds is 8. The first-order valence-corrected chi connectivity index (χ1v) is 11.5. The average molecular weight is 501 g/mol. The quantitative estimate of drug-likeness (QED) is 0.264. The summed E-state index contributed by atoms with van der Waals surface area (Å²) in [5.41, 5.74) is 2.87. The van der Waals surface area contributed by atoms with E-state index >= 15 is 0 Å². The molecule has 0 unspecified atom stereocenters. The zero-order valence-corrected chi connectivity index (χ0v) is 20.4. The lowest BCUT2D eigenvalue weighted by Crippen LogP contribution is -2.54. The number of ether oxygens (including phenoxy) is 2. The van der Waals surface area contributed by atoms with Crippen LogP contribution in [0.3, 0.4) is 0 Å². The van der Waals surface area contributed by atoms with E-state index in [1.807, 2.05) is 0 Å². The molecule has 0 spiro atoms. The monoisotopic (exact) mass is 500 g/mol. The molecule has 7 nitrogen and oxygen atoms in total. The molecule has 37 heavy (non-hydrogen) atoms. The van der Waals surface area contributed by atoms with Crippen molar-refractivity contribution in [2.24, 2.45) is 0 Å². The Kier molecular flexibility index (Phi) is 7.48.